The Labute approximate surface area is 116 Å². The summed E-state index contributed by atoms with van der Waals surface area (Å²) in [5, 5.41) is 0. The fourth-order valence-corrected chi connectivity index (χ4v) is 2.57. The predicted molar refractivity (Wildman–Crippen MR) is 79.2 cm³/mol. The lowest BCUT2D eigenvalue weighted by Crippen LogP contribution is -2.49. The molecule has 106 valence electrons. The van der Waals surface area contributed by atoms with Gasteiger partial charge in [-0.3, -0.25) is 4.90 Å². The van der Waals surface area contributed by atoms with Crippen molar-refractivity contribution in [2.24, 2.45) is 5.73 Å². The van der Waals surface area contributed by atoms with Crippen molar-refractivity contribution in [3.05, 3.63) is 35.4 Å². The van der Waals surface area contributed by atoms with E-state index in [2.05, 4.69) is 49.9 Å². The van der Waals surface area contributed by atoms with Crippen molar-refractivity contribution in [3.8, 4) is 0 Å². The minimum atomic E-state index is -0.0348. The van der Waals surface area contributed by atoms with Crippen molar-refractivity contribution in [2.45, 2.75) is 45.4 Å². The zero-order valence-electron chi connectivity index (χ0n) is 12.3. The summed E-state index contributed by atoms with van der Waals surface area (Å²) in [6, 6.07) is 9.13. The molecule has 1 aliphatic heterocycles. The molecule has 2 unspecified atom stereocenters. The molecule has 19 heavy (non-hydrogen) atoms. The van der Waals surface area contributed by atoms with Crippen LogP contribution in [-0.4, -0.2) is 36.7 Å². The third kappa shape index (κ3) is 3.56. The van der Waals surface area contributed by atoms with Gasteiger partial charge in [0.1, 0.15) is 0 Å². The summed E-state index contributed by atoms with van der Waals surface area (Å²) in [5.41, 5.74) is 8.90. The zero-order chi connectivity index (χ0) is 13.8. The van der Waals surface area contributed by atoms with E-state index in [0.717, 1.165) is 26.1 Å². The van der Waals surface area contributed by atoms with Gasteiger partial charge in [0, 0.05) is 19.1 Å². The highest BCUT2D eigenvalue weighted by atomic mass is 16.5. The van der Waals surface area contributed by atoms with Crippen LogP contribution in [-0.2, 0) is 11.2 Å². The molecule has 2 rings (SSSR count). The van der Waals surface area contributed by atoms with Crippen molar-refractivity contribution in [1.29, 1.82) is 0 Å². The number of hydrogen-bond donors (Lipinski definition) is 1. The van der Waals surface area contributed by atoms with Gasteiger partial charge >= 0.3 is 0 Å². The maximum atomic E-state index is 6.37. The van der Waals surface area contributed by atoms with E-state index in [9.17, 15) is 0 Å². The van der Waals surface area contributed by atoms with E-state index in [1.165, 1.54) is 11.1 Å². The number of hydrogen-bond acceptors (Lipinski definition) is 3. The van der Waals surface area contributed by atoms with E-state index in [-0.39, 0.29) is 12.1 Å². The number of rotatable bonds is 4. The first-order valence-corrected chi connectivity index (χ1v) is 7.32. The highest BCUT2D eigenvalue weighted by Gasteiger charge is 2.27. The first-order chi connectivity index (χ1) is 9.11. The fourth-order valence-electron chi connectivity index (χ4n) is 2.57. The third-order valence-corrected chi connectivity index (χ3v) is 4.03. The van der Waals surface area contributed by atoms with E-state index in [1.54, 1.807) is 0 Å². The minimum absolute atomic E-state index is 0.0348. The van der Waals surface area contributed by atoms with Gasteiger partial charge in [-0.05, 0) is 31.4 Å². The molecule has 1 aromatic rings. The Bertz CT molecular complexity index is 388. The number of nitrogens with two attached hydrogens (primary N) is 1. The van der Waals surface area contributed by atoms with Gasteiger partial charge in [-0.1, -0.05) is 31.2 Å². The molecule has 2 atom stereocenters. The topological polar surface area (TPSA) is 38.5 Å². The van der Waals surface area contributed by atoms with Gasteiger partial charge in [-0.25, -0.2) is 0 Å². The Morgan fingerprint density at radius 1 is 1.32 bits per heavy atom. The Morgan fingerprint density at radius 2 is 2.00 bits per heavy atom. The number of ether oxygens (including phenoxy) is 1. The van der Waals surface area contributed by atoms with Gasteiger partial charge in [-0.2, -0.15) is 0 Å². The van der Waals surface area contributed by atoms with Crippen molar-refractivity contribution < 1.29 is 4.74 Å². The average molecular weight is 262 g/mol. The van der Waals surface area contributed by atoms with E-state index >= 15 is 0 Å². The van der Waals surface area contributed by atoms with Crippen LogP contribution < -0.4 is 5.73 Å². The second-order valence-electron chi connectivity index (χ2n) is 5.62. The van der Waals surface area contributed by atoms with Gasteiger partial charge in [-0.15, -0.1) is 0 Å². The molecule has 0 spiro atoms. The lowest BCUT2D eigenvalue weighted by atomic mass is 9.99. The highest BCUT2D eigenvalue weighted by molar-refractivity contribution is 5.25. The molecule has 0 aromatic heterocycles. The van der Waals surface area contributed by atoms with E-state index < -0.39 is 0 Å². The van der Waals surface area contributed by atoms with E-state index in [0.29, 0.717) is 6.04 Å². The first-order valence-electron chi connectivity index (χ1n) is 7.32. The van der Waals surface area contributed by atoms with Crippen molar-refractivity contribution in [2.75, 3.05) is 19.7 Å². The van der Waals surface area contributed by atoms with Crippen LogP contribution in [0, 0.1) is 0 Å². The van der Waals surface area contributed by atoms with Gasteiger partial charge < -0.3 is 10.5 Å². The maximum Gasteiger partial charge on any atom is 0.0894 e. The zero-order valence-corrected chi connectivity index (χ0v) is 12.3. The smallest absolute Gasteiger partial charge is 0.0894 e. The standard InChI is InChI=1S/C16H26N2O/c1-4-13-5-7-14(8-6-13)16(17)15-11-18(12(2)3)9-10-19-15/h5-8,12,15-16H,4,9-11,17H2,1-3H3. The summed E-state index contributed by atoms with van der Waals surface area (Å²) in [7, 11) is 0. The van der Waals surface area contributed by atoms with Crippen LogP contribution in [0.2, 0.25) is 0 Å². The molecule has 1 aliphatic rings. The normalized spacial score (nSPS) is 22.7. The van der Waals surface area contributed by atoms with Gasteiger partial charge in [0.05, 0.1) is 18.8 Å². The maximum absolute atomic E-state index is 6.37. The summed E-state index contributed by atoms with van der Waals surface area (Å²) in [4.78, 5) is 2.44. The second kappa shape index (κ2) is 6.51. The molecule has 1 aromatic carbocycles. The average Bonchev–Trinajstić information content (AvgIpc) is 2.46. The van der Waals surface area contributed by atoms with Crippen LogP contribution in [0.3, 0.4) is 0 Å². The van der Waals surface area contributed by atoms with Crippen molar-refractivity contribution >= 4 is 0 Å². The molecule has 0 radical (unpaired) electrons. The van der Waals surface area contributed by atoms with Crippen molar-refractivity contribution in [3.63, 3.8) is 0 Å². The van der Waals surface area contributed by atoms with Gasteiger partial charge in [0.15, 0.2) is 0 Å². The SMILES string of the molecule is CCc1ccc(C(N)C2CN(C(C)C)CCO2)cc1. The molecule has 3 nitrogen and oxygen atoms in total. The summed E-state index contributed by atoms with van der Waals surface area (Å²) in [6.45, 7) is 9.33. The van der Waals surface area contributed by atoms with Crippen LogP contribution >= 0.6 is 0 Å². The molecule has 0 amide bonds. The molecular weight excluding hydrogens is 236 g/mol. The summed E-state index contributed by atoms with van der Waals surface area (Å²) in [5.74, 6) is 0. The van der Waals surface area contributed by atoms with Gasteiger partial charge in [0.2, 0.25) is 0 Å². The molecule has 1 heterocycles. The summed E-state index contributed by atoms with van der Waals surface area (Å²) < 4.78 is 5.86. The second-order valence-corrected chi connectivity index (χ2v) is 5.62. The number of nitrogens with zero attached hydrogens (tertiary/aromatic N) is 1. The molecule has 1 fully saturated rings. The Morgan fingerprint density at radius 3 is 2.58 bits per heavy atom. The quantitative estimate of drug-likeness (QED) is 0.905. The summed E-state index contributed by atoms with van der Waals surface area (Å²) in [6.07, 6.45) is 1.17. The lowest BCUT2D eigenvalue weighted by Gasteiger charge is -2.38. The molecule has 2 N–H and O–H groups in total. The number of benzene rings is 1. The van der Waals surface area contributed by atoms with Crippen LogP contribution in [0.25, 0.3) is 0 Å². The van der Waals surface area contributed by atoms with Gasteiger partial charge in [0.25, 0.3) is 0 Å². The molecular formula is C16H26N2O. The summed E-state index contributed by atoms with van der Waals surface area (Å²) >= 11 is 0. The molecule has 3 heteroatoms. The molecule has 0 bridgehead atoms. The van der Waals surface area contributed by atoms with E-state index in [1.807, 2.05) is 0 Å². The Kier molecular flexibility index (Phi) is 4.97. The largest absolute Gasteiger partial charge is 0.374 e. The Hall–Kier alpha value is -0.900. The number of aryl methyl sites for hydroxylation is 1. The Balaban J connectivity index is 2.03. The van der Waals surface area contributed by atoms with Crippen LogP contribution in [0.15, 0.2) is 24.3 Å². The van der Waals surface area contributed by atoms with Crippen LogP contribution in [0.1, 0.15) is 37.9 Å². The lowest BCUT2D eigenvalue weighted by molar-refractivity contribution is -0.0502. The molecule has 1 saturated heterocycles. The first kappa shape index (κ1) is 14.5. The van der Waals surface area contributed by atoms with E-state index in [4.69, 9.17) is 10.5 Å². The monoisotopic (exact) mass is 262 g/mol. The van der Waals surface area contributed by atoms with Crippen molar-refractivity contribution in [1.82, 2.24) is 4.90 Å². The molecule has 0 saturated carbocycles. The molecule has 0 aliphatic carbocycles. The number of morpholine rings is 1. The predicted octanol–water partition coefficient (Wildman–Crippen LogP) is 2.36. The third-order valence-electron chi connectivity index (χ3n) is 4.03. The highest BCUT2D eigenvalue weighted by Crippen LogP contribution is 2.21. The minimum Gasteiger partial charge on any atom is -0.374 e. The van der Waals surface area contributed by atoms with Crippen LogP contribution in [0.4, 0.5) is 0 Å². The van der Waals surface area contributed by atoms with Crippen LogP contribution in [0.5, 0.6) is 0 Å². The fraction of sp³-hybridized carbons (Fsp3) is 0.625.